The van der Waals surface area contributed by atoms with E-state index in [1.165, 1.54) is 38.5 Å². The first kappa shape index (κ1) is 15.5. The highest BCUT2D eigenvalue weighted by Gasteiger charge is 1.99. The number of carbonyl (C=O) groups is 1. The number of anilines is 1. The fourth-order valence-corrected chi connectivity index (χ4v) is 1.98. The van der Waals surface area contributed by atoms with Gasteiger partial charge in [-0.3, -0.25) is 0 Å². The molecule has 0 fully saturated rings. The van der Waals surface area contributed by atoms with Crippen LogP contribution in [0.5, 0.6) is 0 Å². The molecule has 0 atom stereocenters. The van der Waals surface area contributed by atoms with Gasteiger partial charge in [-0.2, -0.15) is 0 Å². The lowest BCUT2D eigenvalue weighted by Gasteiger charge is -2.07. The summed E-state index contributed by atoms with van der Waals surface area (Å²) in [5.74, 6) is 0. The predicted molar refractivity (Wildman–Crippen MR) is 81.5 cm³/mol. The van der Waals surface area contributed by atoms with Crippen LogP contribution >= 0.6 is 0 Å². The quantitative estimate of drug-likeness (QED) is 0.629. The highest BCUT2D eigenvalue weighted by atomic mass is 16.2. The van der Waals surface area contributed by atoms with Gasteiger partial charge in [-0.05, 0) is 18.6 Å². The predicted octanol–water partition coefficient (Wildman–Crippen LogP) is 4.56. The van der Waals surface area contributed by atoms with E-state index in [-0.39, 0.29) is 6.03 Å². The van der Waals surface area contributed by atoms with Gasteiger partial charge >= 0.3 is 6.03 Å². The monoisotopic (exact) mass is 262 g/mol. The Bertz CT molecular complexity index is 338. The van der Waals surface area contributed by atoms with Crippen molar-refractivity contribution in [2.24, 2.45) is 0 Å². The van der Waals surface area contributed by atoms with Crippen molar-refractivity contribution in [3.8, 4) is 0 Å². The number of unbranched alkanes of at least 4 members (excludes halogenated alkanes) is 6. The molecule has 0 saturated heterocycles. The summed E-state index contributed by atoms with van der Waals surface area (Å²) in [6.45, 7) is 2.99. The standard InChI is InChI=1S/C16H26N2O/c1-2-3-4-5-6-7-11-14-17-16(19)18-15-12-9-8-10-13-15/h8-10,12-13H,2-7,11,14H2,1H3,(H2,17,18,19). The van der Waals surface area contributed by atoms with Crippen molar-refractivity contribution >= 4 is 11.7 Å². The molecule has 1 rings (SSSR count). The smallest absolute Gasteiger partial charge is 0.319 e. The number of rotatable bonds is 9. The fraction of sp³-hybridized carbons (Fsp3) is 0.562. The summed E-state index contributed by atoms with van der Waals surface area (Å²) >= 11 is 0. The zero-order valence-electron chi connectivity index (χ0n) is 12.0. The van der Waals surface area contributed by atoms with Crippen LogP contribution in [0.4, 0.5) is 10.5 Å². The van der Waals surface area contributed by atoms with E-state index < -0.39 is 0 Å². The molecule has 2 amide bonds. The average molecular weight is 262 g/mol. The summed E-state index contributed by atoms with van der Waals surface area (Å²) in [5, 5.41) is 5.69. The Hall–Kier alpha value is -1.51. The lowest BCUT2D eigenvalue weighted by Crippen LogP contribution is -2.29. The summed E-state index contributed by atoms with van der Waals surface area (Å²) in [7, 11) is 0. The van der Waals surface area contributed by atoms with Crippen molar-refractivity contribution in [3.05, 3.63) is 30.3 Å². The van der Waals surface area contributed by atoms with Crippen LogP contribution in [0.15, 0.2) is 30.3 Å². The van der Waals surface area contributed by atoms with E-state index in [0.29, 0.717) is 0 Å². The zero-order valence-corrected chi connectivity index (χ0v) is 12.0. The van der Waals surface area contributed by atoms with Gasteiger partial charge in [0.2, 0.25) is 0 Å². The number of hydrogen-bond acceptors (Lipinski definition) is 1. The van der Waals surface area contributed by atoms with Crippen LogP contribution in [-0.2, 0) is 0 Å². The van der Waals surface area contributed by atoms with E-state index in [9.17, 15) is 4.79 Å². The van der Waals surface area contributed by atoms with Gasteiger partial charge in [0.05, 0.1) is 0 Å². The lowest BCUT2D eigenvalue weighted by molar-refractivity contribution is 0.252. The van der Waals surface area contributed by atoms with Crippen molar-refractivity contribution in [3.63, 3.8) is 0 Å². The van der Waals surface area contributed by atoms with Gasteiger partial charge in [0, 0.05) is 12.2 Å². The molecule has 0 aliphatic rings. The first-order valence-electron chi connectivity index (χ1n) is 7.43. The maximum absolute atomic E-state index is 11.6. The van der Waals surface area contributed by atoms with E-state index in [4.69, 9.17) is 0 Å². The molecule has 0 saturated carbocycles. The summed E-state index contributed by atoms with van der Waals surface area (Å²) in [4.78, 5) is 11.6. The fourth-order valence-electron chi connectivity index (χ4n) is 1.98. The van der Waals surface area contributed by atoms with Crippen LogP contribution in [0.3, 0.4) is 0 Å². The van der Waals surface area contributed by atoms with Crippen molar-refractivity contribution in [2.75, 3.05) is 11.9 Å². The molecule has 0 bridgehead atoms. The Morgan fingerprint density at radius 1 is 0.947 bits per heavy atom. The Morgan fingerprint density at radius 3 is 2.26 bits per heavy atom. The highest BCUT2D eigenvalue weighted by Crippen LogP contribution is 2.06. The first-order chi connectivity index (χ1) is 9.33. The van der Waals surface area contributed by atoms with Gasteiger partial charge in [0.25, 0.3) is 0 Å². The molecule has 106 valence electrons. The number of para-hydroxylation sites is 1. The molecule has 0 aliphatic heterocycles. The van der Waals surface area contributed by atoms with E-state index in [1.807, 2.05) is 30.3 Å². The highest BCUT2D eigenvalue weighted by molar-refractivity contribution is 5.89. The molecule has 0 unspecified atom stereocenters. The second kappa shape index (κ2) is 10.4. The second-order valence-corrected chi connectivity index (χ2v) is 4.87. The van der Waals surface area contributed by atoms with E-state index in [2.05, 4.69) is 17.6 Å². The number of urea groups is 1. The van der Waals surface area contributed by atoms with Crippen LogP contribution in [0.25, 0.3) is 0 Å². The summed E-state index contributed by atoms with van der Waals surface area (Å²) in [5.41, 5.74) is 0.833. The number of amides is 2. The van der Waals surface area contributed by atoms with Crippen LogP contribution in [0.2, 0.25) is 0 Å². The third-order valence-electron chi connectivity index (χ3n) is 3.10. The van der Waals surface area contributed by atoms with Crippen LogP contribution < -0.4 is 10.6 Å². The van der Waals surface area contributed by atoms with Gasteiger partial charge in [-0.25, -0.2) is 4.79 Å². The maximum Gasteiger partial charge on any atom is 0.319 e. The van der Waals surface area contributed by atoms with Crippen molar-refractivity contribution in [2.45, 2.75) is 51.9 Å². The van der Waals surface area contributed by atoms with Gasteiger partial charge in [0.15, 0.2) is 0 Å². The van der Waals surface area contributed by atoms with E-state index in [0.717, 1.165) is 18.7 Å². The number of hydrogen-bond donors (Lipinski definition) is 2. The molecule has 3 nitrogen and oxygen atoms in total. The molecule has 1 aromatic carbocycles. The molecule has 3 heteroatoms. The minimum atomic E-state index is -0.114. The third kappa shape index (κ3) is 8.25. The molecule has 0 heterocycles. The normalized spacial score (nSPS) is 10.2. The first-order valence-corrected chi connectivity index (χ1v) is 7.43. The maximum atomic E-state index is 11.6. The number of nitrogens with one attached hydrogen (secondary N) is 2. The number of benzene rings is 1. The lowest BCUT2D eigenvalue weighted by atomic mass is 10.1. The topological polar surface area (TPSA) is 41.1 Å². The molecule has 2 N–H and O–H groups in total. The zero-order chi connectivity index (χ0) is 13.8. The van der Waals surface area contributed by atoms with E-state index >= 15 is 0 Å². The largest absolute Gasteiger partial charge is 0.338 e. The van der Waals surface area contributed by atoms with Crippen LogP contribution in [0, 0.1) is 0 Å². The molecule has 1 aromatic rings. The minimum Gasteiger partial charge on any atom is -0.338 e. The average Bonchev–Trinajstić information content (AvgIpc) is 2.43. The Labute approximate surface area is 116 Å². The Balaban J connectivity index is 1.96. The van der Waals surface area contributed by atoms with Crippen molar-refractivity contribution in [1.29, 1.82) is 0 Å². The summed E-state index contributed by atoms with van der Waals surface area (Å²) in [6, 6.07) is 9.40. The summed E-state index contributed by atoms with van der Waals surface area (Å²) < 4.78 is 0. The number of carbonyl (C=O) groups excluding carboxylic acids is 1. The molecule has 0 spiro atoms. The van der Waals surface area contributed by atoms with Crippen LogP contribution in [0.1, 0.15) is 51.9 Å². The van der Waals surface area contributed by atoms with Gasteiger partial charge in [-0.1, -0.05) is 63.6 Å². The molecule has 0 aliphatic carbocycles. The third-order valence-corrected chi connectivity index (χ3v) is 3.10. The SMILES string of the molecule is CCCCCCCCCNC(=O)Nc1ccccc1. The molecule has 0 aromatic heterocycles. The van der Waals surface area contributed by atoms with Crippen molar-refractivity contribution < 1.29 is 4.79 Å². The minimum absolute atomic E-state index is 0.114. The van der Waals surface area contributed by atoms with E-state index in [1.54, 1.807) is 0 Å². The summed E-state index contributed by atoms with van der Waals surface area (Å²) in [6.07, 6.45) is 8.85. The van der Waals surface area contributed by atoms with Crippen molar-refractivity contribution in [1.82, 2.24) is 5.32 Å². The van der Waals surface area contributed by atoms with Crippen LogP contribution in [-0.4, -0.2) is 12.6 Å². The molecular weight excluding hydrogens is 236 g/mol. The Morgan fingerprint density at radius 2 is 1.58 bits per heavy atom. The molecule has 19 heavy (non-hydrogen) atoms. The Kier molecular flexibility index (Phi) is 8.52. The molecular formula is C16H26N2O. The molecule has 0 radical (unpaired) electrons. The van der Waals surface area contributed by atoms with Gasteiger partial charge in [0.1, 0.15) is 0 Å². The van der Waals surface area contributed by atoms with Gasteiger partial charge < -0.3 is 10.6 Å². The van der Waals surface area contributed by atoms with Gasteiger partial charge in [-0.15, -0.1) is 0 Å². The second-order valence-electron chi connectivity index (χ2n) is 4.87.